The maximum absolute atomic E-state index is 12.4. The van der Waals surface area contributed by atoms with Crippen LogP contribution in [-0.4, -0.2) is 16.1 Å². The first-order valence-corrected chi connectivity index (χ1v) is 6.78. The molecule has 0 saturated heterocycles. The second-order valence-corrected chi connectivity index (χ2v) is 5.19. The summed E-state index contributed by atoms with van der Waals surface area (Å²) in [6, 6.07) is 5.25. The summed E-state index contributed by atoms with van der Waals surface area (Å²) in [6.07, 6.45) is 1.15. The fraction of sp³-hybridized carbons (Fsp3) is 0.400. The molecule has 0 bridgehead atoms. The van der Waals surface area contributed by atoms with Gasteiger partial charge in [-0.05, 0) is 30.2 Å². The molecule has 1 aromatic carbocycles. The Hall–Kier alpha value is -1.82. The Labute approximate surface area is 121 Å². The van der Waals surface area contributed by atoms with Gasteiger partial charge in [0.2, 0.25) is 0 Å². The monoisotopic (exact) mass is 297 g/mol. The fourth-order valence-electron chi connectivity index (χ4n) is 2.09. The van der Waals surface area contributed by atoms with Gasteiger partial charge < -0.3 is 9.88 Å². The number of hydrogen-bond acceptors (Lipinski definition) is 2. The predicted molar refractivity (Wildman–Crippen MR) is 74.5 cm³/mol. The second-order valence-electron chi connectivity index (χ2n) is 5.19. The zero-order valence-corrected chi connectivity index (χ0v) is 11.8. The van der Waals surface area contributed by atoms with Gasteiger partial charge in [0.1, 0.15) is 0 Å². The Balaban J connectivity index is 1.75. The van der Waals surface area contributed by atoms with Gasteiger partial charge in [0.25, 0.3) is 0 Å². The maximum atomic E-state index is 12.4. The highest BCUT2D eigenvalue weighted by molar-refractivity contribution is 5.24. The van der Waals surface area contributed by atoms with Gasteiger partial charge >= 0.3 is 6.18 Å². The molecule has 0 aliphatic carbocycles. The second kappa shape index (κ2) is 6.76. The molecule has 0 aliphatic rings. The molecule has 1 aromatic heterocycles. The van der Waals surface area contributed by atoms with Crippen LogP contribution in [0.2, 0.25) is 0 Å². The fourth-order valence-corrected chi connectivity index (χ4v) is 2.09. The molecule has 0 aliphatic heterocycles. The largest absolute Gasteiger partial charge is 0.416 e. The molecule has 0 spiro atoms. The molecule has 1 atom stereocenters. The van der Waals surface area contributed by atoms with Crippen LogP contribution in [0, 0.1) is 5.92 Å². The minimum Gasteiger partial charge on any atom is -0.337 e. The average molecular weight is 297 g/mol. The van der Waals surface area contributed by atoms with E-state index in [2.05, 4.69) is 17.2 Å². The minimum absolute atomic E-state index is 0.411. The van der Waals surface area contributed by atoms with Gasteiger partial charge in [-0.2, -0.15) is 13.2 Å². The summed E-state index contributed by atoms with van der Waals surface area (Å²) in [6.45, 7) is 4.32. The van der Waals surface area contributed by atoms with Gasteiger partial charge in [0, 0.05) is 25.5 Å². The molecule has 1 N–H and O–H groups in total. The van der Waals surface area contributed by atoms with E-state index >= 15 is 0 Å². The SMILES string of the molecule is CC(CNCc1ccc(C(F)(F)F)cc1)Cn1ccnc1. The molecule has 0 saturated carbocycles. The zero-order valence-electron chi connectivity index (χ0n) is 11.8. The predicted octanol–water partition coefficient (Wildman–Crippen LogP) is 3.33. The molecule has 114 valence electrons. The van der Waals surface area contributed by atoms with Gasteiger partial charge in [-0.3, -0.25) is 0 Å². The van der Waals surface area contributed by atoms with Crippen molar-refractivity contribution >= 4 is 0 Å². The van der Waals surface area contributed by atoms with E-state index in [-0.39, 0.29) is 0 Å². The van der Waals surface area contributed by atoms with Crippen LogP contribution >= 0.6 is 0 Å². The Kier molecular flexibility index (Phi) is 5.01. The number of hydrogen-bond donors (Lipinski definition) is 1. The summed E-state index contributed by atoms with van der Waals surface area (Å²) in [5.74, 6) is 0.411. The standard InChI is InChI=1S/C15H18F3N3/c1-12(10-21-7-6-19-11-21)8-20-9-13-2-4-14(5-3-13)15(16,17)18/h2-7,11-12,20H,8-10H2,1H3. The molecule has 0 radical (unpaired) electrons. The molecule has 0 fully saturated rings. The lowest BCUT2D eigenvalue weighted by Gasteiger charge is -2.13. The van der Waals surface area contributed by atoms with Gasteiger partial charge in [-0.25, -0.2) is 4.98 Å². The van der Waals surface area contributed by atoms with E-state index in [0.717, 1.165) is 30.8 Å². The molecule has 0 amide bonds. The van der Waals surface area contributed by atoms with Crippen LogP contribution in [-0.2, 0) is 19.3 Å². The van der Waals surface area contributed by atoms with Crippen LogP contribution in [0.3, 0.4) is 0 Å². The van der Waals surface area contributed by atoms with Gasteiger partial charge in [0.05, 0.1) is 11.9 Å². The van der Waals surface area contributed by atoms with Crippen molar-refractivity contribution in [1.82, 2.24) is 14.9 Å². The lowest BCUT2D eigenvalue weighted by atomic mass is 10.1. The van der Waals surface area contributed by atoms with Gasteiger partial charge in [-0.1, -0.05) is 19.1 Å². The van der Waals surface area contributed by atoms with E-state index in [1.54, 1.807) is 12.5 Å². The Morgan fingerprint density at radius 1 is 1.24 bits per heavy atom. The zero-order chi connectivity index (χ0) is 15.3. The molecule has 6 heteroatoms. The van der Waals surface area contributed by atoms with Crippen molar-refractivity contribution in [3.63, 3.8) is 0 Å². The van der Waals surface area contributed by atoms with Crippen molar-refractivity contribution in [2.24, 2.45) is 5.92 Å². The van der Waals surface area contributed by atoms with E-state index in [9.17, 15) is 13.2 Å². The van der Waals surface area contributed by atoms with Crippen LogP contribution in [0.25, 0.3) is 0 Å². The van der Waals surface area contributed by atoms with Crippen molar-refractivity contribution in [2.75, 3.05) is 6.54 Å². The first-order valence-electron chi connectivity index (χ1n) is 6.78. The molecule has 1 unspecified atom stereocenters. The lowest BCUT2D eigenvalue weighted by molar-refractivity contribution is -0.137. The summed E-state index contributed by atoms with van der Waals surface area (Å²) in [5.41, 5.74) is 0.234. The van der Waals surface area contributed by atoms with Gasteiger partial charge in [-0.15, -0.1) is 0 Å². The van der Waals surface area contributed by atoms with E-state index in [0.29, 0.717) is 12.5 Å². The Morgan fingerprint density at radius 3 is 2.52 bits per heavy atom. The number of rotatable bonds is 6. The summed E-state index contributed by atoms with van der Waals surface area (Å²) >= 11 is 0. The summed E-state index contributed by atoms with van der Waals surface area (Å²) in [7, 11) is 0. The minimum atomic E-state index is -4.27. The van der Waals surface area contributed by atoms with Crippen LogP contribution in [0.15, 0.2) is 43.0 Å². The van der Waals surface area contributed by atoms with Crippen LogP contribution < -0.4 is 5.32 Å². The van der Waals surface area contributed by atoms with E-state index in [1.165, 1.54) is 12.1 Å². The number of benzene rings is 1. The number of alkyl halides is 3. The number of imidazole rings is 1. The van der Waals surface area contributed by atoms with E-state index in [4.69, 9.17) is 0 Å². The third kappa shape index (κ3) is 4.90. The molecule has 3 nitrogen and oxygen atoms in total. The summed E-state index contributed by atoms with van der Waals surface area (Å²) < 4.78 is 39.3. The van der Waals surface area contributed by atoms with Crippen LogP contribution in [0.4, 0.5) is 13.2 Å². The average Bonchev–Trinajstić information content (AvgIpc) is 2.91. The first kappa shape index (κ1) is 15.6. The molecule has 2 aromatic rings. The quantitative estimate of drug-likeness (QED) is 0.886. The first-order chi connectivity index (χ1) is 9.95. The Morgan fingerprint density at radius 2 is 1.95 bits per heavy atom. The number of nitrogens with zero attached hydrogens (tertiary/aromatic N) is 2. The third-order valence-electron chi connectivity index (χ3n) is 3.18. The third-order valence-corrected chi connectivity index (χ3v) is 3.18. The molecule has 21 heavy (non-hydrogen) atoms. The molecule has 1 heterocycles. The highest BCUT2D eigenvalue weighted by atomic mass is 19.4. The van der Waals surface area contributed by atoms with Crippen LogP contribution in [0.5, 0.6) is 0 Å². The molecular formula is C15H18F3N3. The topological polar surface area (TPSA) is 29.9 Å². The molecule has 2 rings (SSSR count). The number of halogens is 3. The van der Waals surface area contributed by atoms with Crippen molar-refractivity contribution < 1.29 is 13.2 Å². The highest BCUT2D eigenvalue weighted by Gasteiger charge is 2.29. The number of aromatic nitrogens is 2. The lowest BCUT2D eigenvalue weighted by Crippen LogP contribution is -2.23. The normalized spacial score (nSPS) is 13.3. The number of nitrogens with one attached hydrogen (secondary N) is 1. The van der Waals surface area contributed by atoms with Crippen molar-refractivity contribution in [1.29, 1.82) is 0 Å². The van der Waals surface area contributed by atoms with E-state index in [1.807, 2.05) is 10.8 Å². The molecular weight excluding hydrogens is 279 g/mol. The smallest absolute Gasteiger partial charge is 0.337 e. The van der Waals surface area contributed by atoms with Crippen molar-refractivity contribution in [3.8, 4) is 0 Å². The highest BCUT2D eigenvalue weighted by Crippen LogP contribution is 2.28. The maximum Gasteiger partial charge on any atom is 0.416 e. The van der Waals surface area contributed by atoms with E-state index < -0.39 is 11.7 Å². The summed E-state index contributed by atoms with van der Waals surface area (Å²) in [5, 5.41) is 3.26. The summed E-state index contributed by atoms with van der Waals surface area (Å²) in [4.78, 5) is 3.98. The van der Waals surface area contributed by atoms with Crippen molar-refractivity contribution in [3.05, 3.63) is 54.1 Å². The van der Waals surface area contributed by atoms with Crippen molar-refractivity contribution in [2.45, 2.75) is 26.2 Å². The van der Waals surface area contributed by atoms with Gasteiger partial charge in [0.15, 0.2) is 0 Å². The Bertz CT molecular complexity index is 532. The van der Waals surface area contributed by atoms with Crippen LogP contribution in [0.1, 0.15) is 18.1 Å².